The topological polar surface area (TPSA) is 36.7 Å². The number of pyridine rings is 1. The van der Waals surface area contributed by atoms with E-state index in [9.17, 15) is 8.78 Å². The van der Waals surface area contributed by atoms with E-state index >= 15 is 0 Å². The summed E-state index contributed by atoms with van der Waals surface area (Å²) < 4.78 is 25.5. The highest BCUT2D eigenvalue weighted by molar-refractivity contribution is 9.10. The van der Waals surface area contributed by atoms with Gasteiger partial charge in [0.2, 0.25) is 0 Å². The number of hydrogen-bond donors (Lipinski definition) is 0. The van der Waals surface area contributed by atoms with Gasteiger partial charge in [-0.15, -0.1) is 11.6 Å². The lowest BCUT2D eigenvalue weighted by molar-refractivity contribution is 0.149. The zero-order valence-corrected chi connectivity index (χ0v) is 9.82. The second kappa shape index (κ2) is 5.38. The van der Waals surface area contributed by atoms with Gasteiger partial charge in [0.1, 0.15) is 0 Å². The molecule has 0 aliphatic carbocycles. The van der Waals surface area contributed by atoms with Crippen LogP contribution in [0.15, 0.2) is 10.5 Å². The summed E-state index contributed by atoms with van der Waals surface area (Å²) in [5.74, 6) is 0.126. The maximum Gasteiger partial charge on any atom is 0.266 e. The molecule has 15 heavy (non-hydrogen) atoms. The molecule has 0 N–H and O–H groups in total. The van der Waals surface area contributed by atoms with Gasteiger partial charge in [-0.2, -0.15) is 5.26 Å². The fourth-order valence-electron chi connectivity index (χ4n) is 1.14. The number of nitriles is 1. The summed E-state index contributed by atoms with van der Waals surface area (Å²) >= 11 is 8.57. The van der Waals surface area contributed by atoms with Crippen LogP contribution in [-0.2, 0) is 12.3 Å². The minimum atomic E-state index is -2.65. The van der Waals surface area contributed by atoms with E-state index in [4.69, 9.17) is 16.9 Å². The van der Waals surface area contributed by atoms with Crippen LogP contribution in [0.4, 0.5) is 8.78 Å². The smallest absolute Gasteiger partial charge is 0.255 e. The molecule has 80 valence electrons. The number of nitrogens with zero attached hydrogens (tertiary/aromatic N) is 2. The van der Waals surface area contributed by atoms with E-state index in [1.807, 2.05) is 0 Å². The van der Waals surface area contributed by atoms with E-state index in [2.05, 4.69) is 20.9 Å². The van der Waals surface area contributed by atoms with Crippen LogP contribution < -0.4 is 0 Å². The number of aromatic nitrogens is 1. The van der Waals surface area contributed by atoms with Gasteiger partial charge in [-0.25, -0.2) is 8.78 Å². The molecule has 0 aliphatic rings. The van der Waals surface area contributed by atoms with E-state index in [-0.39, 0.29) is 28.0 Å². The number of rotatable bonds is 3. The van der Waals surface area contributed by atoms with E-state index < -0.39 is 6.43 Å². The fourth-order valence-corrected chi connectivity index (χ4v) is 1.94. The molecule has 6 heteroatoms. The molecular formula is C9H6BrClF2N2. The highest BCUT2D eigenvalue weighted by Crippen LogP contribution is 2.30. The second-order valence-electron chi connectivity index (χ2n) is 2.73. The summed E-state index contributed by atoms with van der Waals surface area (Å²) in [6.45, 7) is 0. The van der Waals surface area contributed by atoms with Crippen LogP contribution in [-0.4, -0.2) is 4.98 Å². The van der Waals surface area contributed by atoms with Crippen molar-refractivity contribution in [2.24, 2.45) is 0 Å². The Labute approximate surface area is 99.0 Å². The predicted molar refractivity (Wildman–Crippen MR) is 55.8 cm³/mol. The van der Waals surface area contributed by atoms with Gasteiger partial charge >= 0.3 is 0 Å². The minimum absolute atomic E-state index is 0.0810. The molecule has 1 rings (SSSR count). The van der Waals surface area contributed by atoms with Gasteiger partial charge < -0.3 is 0 Å². The summed E-state index contributed by atoms with van der Waals surface area (Å²) in [5, 5.41) is 8.50. The Morgan fingerprint density at radius 3 is 2.73 bits per heavy atom. The minimum Gasteiger partial charge on any atom is -0.255 e. The molecule has 0 amide bonds. The molecular weight excluding hydrogens is 289 g/mol. The van der Waals surface area contributed by atoms with Crippen molar-refractivity contribution in [1.29, 1.82) is 5.26 Å². The summed E-state index contributed by atoms with van der Waals surface area (Å²) in [4.78, 5) is 3.90. The monoisotopic (exact) mass is 294 g/mol. The maximum atomic E-state index is 12.6. The highest BCUT2D eigenvalue weighted by atomic mass is 79.9. The molecule has 1 aromatic rings. The lowest BCUT2D eigenvalue weighted by Gasteiger charge is -2.09. The lowest BCUT2D eigenvalue weighted by atomic mass is 10.1. The number of halogens is 4. The van der Waals surface area contributed by atoms with Crippen molar-refractivity contribution < 1.29 is 8.78 Å². The standard InChI is InChI=1S/C9H6BrClF2N2/c10-6-3-5(4-11)15-7(1-2-14)8(6)9(12)13/h3,9H,1,4H2. The summed E-state index contributed by atoms with van der Waals surface area (Å²) in [6.07, 6.45) is -2.80. The first-order chi connectivity index (χ1) is 7.10. The van der Waals surface area contributed by atoms with Crippen LogP contribution in [0.25, 0.3) is 0 Å². The molecule has 1 aromatic heterocycles. The molecule has 1 heterocycles. The number of hydrogen-bond acceptors (Lipinski definition) is 2. The van der Waals surface area contributed by atoms with Gasteiger partial charge in [-0.3, -0.25) is 4.98 Å². The summed E-state index contributed by atoms with van der Waals surface area (Å²) in [6, 6.07) is 3.24. The molecule has 0 aromatic carbocycles. The van der Waals surface area contributed by atoms with E-state index in [1.165, 1.54) is 6.07 Å². The van der Waals surface area contributed by atoms with Crippen molar-refractivity contribution in [3.8, 4) is 6.07 Å². The van der Waals surface area contributed by atoms with Crippen LogP contribution in [0.5, 0.6) is 0 Å². The third kappa shape index (κ3) is 2.86. The van der Waals surface area contributed by atoms with Crippen molar-refractivity contribution in [1.82, 2.24) is 4.98 Å². The Balaban J connectivity index is 3.30. The van der Waals surface area contributed by atoms with E-state index in [0.29, 0.717) is 5.69 Å². The molecule has 0 bridgehead atoms. The van der Waals surface area contributed by atoms with Gasteiger partial charge in [-0.1, -0.05) is 15.9 Å². The molecule has 0 unspecified atom stereocenters. The highest BCUT2D eigenvalue weighted by Gasteiger charge is 2.19. The molecule has 0 saturated carbocycles. The summed E-state index contributed by atoms with van der Waals surface area (Å²) in [7, 11) is 0. The predicted octanol–water partition coefficient (Wildman–Crippen LogP) is 3.59. The molecule has 0 fully saturated rings. The Bertz CT molecular complexity index is 404. The van der Waals surface area contributed by atoms with Gasteiger partial charge in [-0.05, 0) is 6.07 Å². The molecule has 0 atom stereocenters. The quantitative estimate of drug-likeness (QED) is 0.799. The Hall–Kier alpha value is -0.730. The first-order valence-electron chi connectivity index (χ1n) is 3.99. The van der Waals surface area contributed by atoms with Crippen LogP contribution >= 0.6 is 27.5 Å². The van der Waals surface area contributed by atoms with Gasteiger partial charge in [0.25, 0.3) is 6.43 Å². The van der Waals surface area contributed by atoms with Crippen LogP contribution in [0.3, 0.4) is 0 Å². The molecule has 0 aliphatic heterocycles. The first-order valence-corrected chi connectivity index (χ1v) is 5.32. The Kier molecular flexibility index (Phi) is 4.43. The molecule has 0 radical (unpaired) electrons. The van der Waals surface area contributed by atoms with Crippen LogP contribution in [0, 0.1) is 11.3 Å². The summed E-state index contributed by atoms with van der Waals surface area (Å²) in [5.41, 5.74) is 0.320. The van der Waals surface area contributed by atoms with E-state index in [1.54, 1.807) is 6.07 Å². The van der Waals surface area contributed by atoms with E-state index in [0.717, 1.165) is 0 Å². The number of alkyl halides is 3. The lowest BCUT2D eigenvalue weighted by Crippen LogP contribution is -2.02. The SMILES string of the molecule is N#CCc1nc(CCl)cc(Br)c1C(F)F. The van der Waals surface area contributed by atoms with Crippen molar-refractivity contribution >= 4 is 27.5 Å². The average Bonchev–Trinajstić information content (AvgIpc) is 2.16. The molecule has 2 nitrogen and oxygen atoms in total. The Morgan fingerprint density at radius 2 is 2.27 bits per heavy atom. The average molecular weight is 296 g/mol. The first kappa shape index (κ1) is 12.3. The van der Waals surface area contributed by atoms with Gasteiger partial charge in [0, 0.05) is 4.47 Å². The zero-order valence-electron chi connectivity index (χ0n) is 7.48. The normalized spacial score (nSPS) is 10.4. The van der Waals surface area contributed by atoms with Crippen molar-refractivity contribution in [2.75, 3.05) is 0 Å². The largest absolute Gasteiger partial charge is 0.266 e. The van der Waals surface area contributed by atoms with Crippen molar-refractivity contribution in [3.63, 3.8) is 0 Å². The second-order valence-corrected chi connectivity index (χ2v) is 3.85. The maximum absolute atomic E-state index is 12.6. The zero-order chi connectivity index (χ0) is 11.4. The van der Waals surface area contributed by atoms with Crippen LogP contribution in [0.2, 0.25) is 0 Å². The Morgan fingerprint density at radius 1 is 1.60 bits per heavy atom. The van der Waals surface area contributed by atoms with Gasteiger partial charge in [0.05, 0.1) is 35.3 Å². The molecule has 0 saturated heterocycles. The third-order valence-corrected chi connectivity index (χ3v) is 2.67. The fraction of sp³-hybridized carbons (Fsp3) is 0.333. The van der Waals surface area contributed by atoms with Crippen molar-refractivity contribution in [2.45, 2.75) is 18.7 Å². The van der Waals surface area contributed by atoms with Gasteiger partial charge in [0.15, 0.2) is 0 Å². The van der Waals surface area contributed by atoms with Crippen LogP contribution in [0.1, 0.15) is 23.4 Å². The third-order valence-electron chi connectivity index (χ3n) is 1.74. The molecule has 0 spiro atoms. The van der Waals surface area contributed by atoms with Crippen molar-refractivity contribution in [3.05, 3.63) is 27.5 Å².